The molecule has 1 N–H and O–H groups in total. The van der Waals surface area contributed by atoms with E-state index in [1.54, 1.807) is 36.4 Å². The Hall–Kier alpha value is -2.33. The Kier molecular flexibility index (Phi) is 4.60. The van der Waals surface area contributed by atoms with Gasteiger partial charge in [-0.2, -0.15) is 0 Å². The van der Waals surface area contributed by atoms with E-state index in [0.717, 1.165) is 5.56 Å². The number of carbonyl (C=O) groups excluding carboxylic acids is 1. The predicted octanol–water partition coefficient (Wildman–Crippen LogP) is 3.82. The molecule has 0 amide bonds. The number of Topliss-reactive ketones (excluding diaryl/α,β-unsaturated/α-hetero) is 1. The maximum absolute atomic E-state index is 11.2. The van der Waals surface area contributed by atoms with E-state index in [1.165, 1.54) is 13.0 Å². The topological polar surface area (TPSA) is 63.6 Å². The largest absolute Gasteiger partial charge is 0.487 e. The predicted molar refractivity (Wildman–Crippen MR) is 79.2 cm³/mol. The molecule has 108 valence electrons. The van der Waals surface area contributed by atoms with Crippen molar-refractivity contribution in [2.24, 2.45) is 0 Å². The number of hydrogen-bond donors (Lipinski definition) is 1. The summed E-state index contributed by atoms with van der Waals surface area (Å²) in [5, 5.41) is 9.27. The Morgan fingerprint density at radius 3 is 2.52 bits per heavy atom. The number of benzene rings is 2. The number of hydrogen-bond acceptors (Lipinski definition) is 3. The summed E-state index contributed by atoms with van der Waals surface area (Å²) in [5.41, 5.74) is 1.44. The normalized spacial score (nSPS) is 10.2. The van der Waals surface area contributed by atoms with Crippen molar-refractivity contribution in [1.29, 1.82) is 0 Å². The van der Waals surface area contributed by atoms with E-state index in [0.29, 0.717) is 16.3 Å². The number of aromatic carboxylic acids is 1. The van der Waals surface area contributed by atoms with E-state index < -0.39 is 5.97 Å². The molecule has 0 saturated heterocycles. The van der Waals surface area contributed by atoms with Crippen LogP contribution in [0.4, 0.5) is 0 Å². The summed E-state index contributed by atoms with van der Waals surface area (Å²) < 4.78 is 5.56. The van der Waals surface area contributed by atoms with Crippen LogP contribution in [0, 0.1) is 0 Å². The Morgan fingerprint density at radius 2 is 1.90 bits per heavy atom. The van der Waals surface area contributed by atoms with Crippen LogP contribution in [-0.4, -0.2) is 16.9 Å². The Morgan fingerprint density at radius 1 is 1.14 bits per heavy atom. The van der Waals surface area contributed by atoms with Gasteiger partial charge in [-0.15, -0.1) is 0 Å². The molecule has 0 saturated carbocycles. The highest BCUT2D eigenvalue weighted by atomic mass is 35.5. The first kappa shape index (κ1) is 15.1. The second-order valence-corrected chi connectivity index (χ2v) is 4.90. The van der Waals surface area contributed by atoms with Crippen LogP contribution in [0.15, 0.2) is 42.5 Å². The zero-order valence-corrected chi connectivity index (χ0v) is 12.1. The van der Waals surface area contributed by atoms with E-state index in [1.807, 2.05) is 0 Å². The van der Waals surface area contributed by atoms with Gasteiger partial charge in [0.1, 0.15) is 12.4 Å². The second kappa shape index (κ2) is 6.41. The van der Waals surface area contributed by atoms with Crippen LogP contribution in [0.3, 0.4) is 0 Å². The van der Waals surface area contributed by atoms with E-state index in [4.69, 9.17) is 21.4 Å². The number of rotatable bonds is 5. The zero-order valence-electron chi connectivity index (χ0n) is 11.3. The Bertz CT molecular complexity index is 694. The minimum absolute atomic E-state index is 0.0717. The lowest BCUT2D eigenvalue weighted by Crippen LogP contribution is -2.01. The van der Waals surface area contributed by atoms with Crippen molar-refractivity contribution < 1.29 is 19.4 Å². The molecule has 0 fully saturated rings. The molecule has 0 heterocycles. The van der Waals surface area contributed by atoms with Gasteiger partial charge in [0.25, 0.3) is 0 Å². The molecule has 2 rings (SSSR count). The van der Waals surface area contributed by atoms with Gasteiger partial charge in [0.15, 0.2) is 5.78 Å². The molecule has 0 aliphatic carbocycles. The van der Waals surface area contributed by atoms with Gasteiger partial charge >= 0.3 is 5.97 Å². The number of halogens is 1. The Labute approximate surface area is 126 Å². The molecule has 4 nitrogen and oxygen atoms in total. The molecule has 0 bridgehead atoms. The molecular formula is C16H13ClO4. The molecule has 2 aromatic carbocycles. The summed E-state index contributed by atoms with van der Waals surface area (Å²) in [6, 6.07) is 11.3. The summed E-state index contributed by atoms with van der Waals surface area (Å²) in [6.07, 6.45) is 0. The van der Waals surface area contributed by atoms with E-state index in [9.17, 15) is 9.59 Å². The number of carboxylic acids is 1. The van der Waals surface area contributed by atoms with Crippen molar-refractivity contribution >= 4 is 23.4 Å². The van der Waals surface area contributed by atoms with Crippen molar-refractivity contribution in [2.75, 3.05) is 0 Å². The fourth-order valence-corrected chi connectivity index (χ4v) is 2.03. The first-order valence-corrected chi connectivity index (χ1v) is 6.60. The van der Waals surface area contributed by atoms with Crippen LogP contribution in [-0.2, 0) is 6.61 Å². The fourth-order valence-electron chi connectivity index (χ4n) is 1.79. The molecule has 0 atom stereocenters. The van der Waals surface area contributed by atoms with Gasteiger partial charge in [-0.1, -0.05) is 23.7 Å². The van der Waals surface area contributed by atoms with Crippen molar-refractivity contribution in [3.63, 3.8) is 0 Å². The van der Waals surface area contributed by atoms with Crippen LogP contribution in [0.1, 0.15) is 33.2 Å². The zero-order chi connectivity index (χ0) is 15.4. The minimum Gasteiger partial charge on any atom is -0.487 e. The van der Waals surface area contributed by atoms with E-state index in [2.05, 4.69) is 0 Å². The Balaban J connectivity index is 2.11. The average Bonchev–Trinajstić information content (AvgIpc) is 2.46. The fraction of sp³-hybridized carbons (Fsp3) is 0.125. The van der Waals surface area contributed by atoms with Crippen LogP contribution >= 0.6 is 11.6 Å². The molecule has 0 radical (unpaired) electrons. The molecular weight excluding hydrogens is 292 g/mol. The van der Waals surface area contributed by atoms with E-state index in [-0.39, 0.29) is 18.0 Å². The molecule has 0 aliphatic heterocycles. The SMILES string of the molecule is CC(=O)c1ccc(OCc2cccc(C(=O)O)c2)c(Cl)c1. The summed E-state index contributed by atoms with van der Waals surface area (Å²) in [5.74, 6) is -0.610. The smallest absolute Gasteiger partial charge is 0.335 e. The highest BCUT2D eigenvalue weighted by Crippen LogP contribution is 2.26. The number of carboxylic acid groups (broad SMARTS) is 1. The highest BCUT2D eigenvalue weighted by Gasteiger charge is 2.07. The first-order valence-electron chi connectivity index (χ1n) is 6.23. The van der Waals surface area contributed by atoms with Gasteiger partial charge < -0.3 is 9.84 Å². The molecule has 5 heteroatoms. The van der Waals surface area contributed by atoms with Crippen molar-refractivity contribution in [2.45, 2.75) is 13.5 Å². The standard InChI is InChI=1S/C16H13ClO4/c1-10(18)12-5-6-15(14(17)8-12)21-9-11-3-2-4-13(7-11)16(19)20/h2-8H,9H2,1H3,(H,19,20). The average molecular weight is 305 g/mol. The monoisotopic (exact) mass is 304 g/mol. The van der Waals surface area contributed by atoms with Crippen LogP contribution in [0.2, 0.25) is 5.02 Å². The first-order chi connectivity index (χ1) is 9.97. The molecule has 0 aromatic heterocycles. The van der Waals surface area contributed by atoms with Crippen molar-refractivity contribution in [3.05, 3.63) is 64.2 Å². The van der Waals surface area contributed by atoms with Gasteiger partial charge in [-0.05, 0) is 42.8 Å². The molecule has 21 heavy (non-hydrogen) atoms. The van der Waals surface area contributed by atoms with Gasteiger partial charge in [0, 0.05) is 5.56 Å². The number of ketones is 1. The number of ether oxygens (including phenoxy) is 1. The van der Waals surface area contributed by atoms with E-state index >= 15 is 0 Å². The summed E-state index contributed by atoms with van der Waals surface area (Å²) in [7, 11) is 0. The maximum atomic E-state index is 11.2. The molecule has 2 aromatic rings. The summed E-state index contributed by atoms with van der Waals surface area (Å²) in [4.78, 5) is 22.1. The van der Waals surface area contributed by atoms with Gasteiger partial charge in [0.2, 0.25) is 0 Å². The molecule has 0 spiro atoms. The lowest BCUT2D eigenvalue weighted by Gasteiger charge is -2.09. The summed E-state index contributed by atoms with van der Waals surface area (Å²) >= 11 is 6.05. The lowest BCUT2D eigenvalue weighted by molar-refractivity contribution is 0.0696. The third-order valence-electron chi connectivity index (χ3n) is 2.91. The van der Waals surface area contributed by atoms with Gasteiger partial charge in [-0.3, -0.25) is 4.79 Å². The third-order valence-corrected chi connectivity index (χ3v) is 3.20. The lowest BCUT2D eigenvalue weighted by atomic mass is 10.1. The van der Waals surface area contributed by atoms with Crippen LogP contribution < -0.4 is 4.74 Å². The molecule has 0 unspecified atom stereocenters. The minimum atomic E-state index is -0.985. The third kappa shape index (κ3) is 3.83. The van der Waals surface area contributed by atoms with Crippen LogP contribution in [0.25, 0.3) is 0 Å². The quantitative estimate of drug-likeness (QED) is 0.853. The van der Waals surface area contributed by atoms with Gasteiger partial charge in [-0.25, -0.2) is 4.79 Å². The van der Waals surface area contributed by atoms with Crippen molar-refractivity contribution in [3.8, 4) is 5.75 Å². The number of carbonyl (C=O) groups is 2. The van der Waals surface area contributed by atoms with Crippen molar-refractivity contribution in [1.82, 2.24) is 0 Å². The highest BCUT2D eigenvalue weighted by molar-refractivity contribution is 6.32. The second-order valence-electron chi connectivity index (χ2n) is 4.50. The van der Waals surface area contributed by atoms with Gasteiger partial charge in [0.05, 0.1) is 10.6 Å². The van der Waals surface area contributed by atoms with Crippen LogP contribution in [0.5, 0.6) is 5.75 Å². The maximum Gasteiger partial charge on any atom is 0.335 e. The summed E-state index contributed by atoms with van der Waals surface area (Å²) in [6.45, 7) is 1.66. The molecule has 0 aliphatic rings.